The summed E-state index contributed by atoms with van der Waals surface area (Å²) in [5.74, 6) is 1.36. The van der Waals surface area contributed by atoms with Crippen LogP contribution in [0.25, 0.3) is 5.65 Å². The van der Waals surface area contributed by atoms with E-state index in [0.29, 0.717) is 19.1 Å². The van der Waals surface area contributed by atoms with Crippen molar-refractivity contribution in [3.8, 4) is 5.88 Å². The van der Waals surface area contributed by atoms with Crippen LogP contribution < -0.4 is 10.1 Å². The van der Waals surface area contributed by atoms with Crippen LogP contribution in [-0.4, -0.2) is 41.2 Å². The van der Waals surface area contributed by atoms with E-state index in [4.69, 9.17) is 9.47 Å². The minimum absolute atomic E-state index is 0.558. The molecule has 6 heteroatoms. The van der Waals surface area contributed by atoms with Crippen LogP contribution in [-0.2, 0) is 4.74 Å². The van der Waals surface area contributed by atoms with Gasteiger partial charge in [0, 0.05) is 39.1 Å². The van der Waals surface area contributed by atoms with E-state index in [0.717, 1.165) is 30.9 Å². The minimum Gasteiger partial charge on any atom is -0.475 e. The number of methoxy groups -OCH3 is 1. The molecule has 1 N–H and O–H groups in total. The molecular weight excluding hydrogens is 244 g/mol. The van der Waals surface area contributed by atoms with Crippen LogP contribution in [0.15, 0.2) is 18.6 Å². The van der Waals surface area contributed by atoms with Crippen molar-refractivity contribution in [2.45, 2.75) is 19.8 Å². The quantitative estimate of drug-likeness (QED) is 0.739. The highest BCUT2D eigenvalue weighted by Gasteiger charge is 2.08. The van der Waals surface area contributed by atoms with Crippen molar-refractivity contribution in [3.05, 3.63) is 18.6 Å². The lowest BCUT2D eigenvalue weighted by Crippen LogP contribution is -2.08. The number of imidazole rings is 1. The molecule has 0 amide bonds. The first-order valence-corrected chi connectivity index (χ1v) is 6.54. The van der Waals surface area contributed by atoms with Gasteiger partial charge >= 0.3 is 0 Å². The van der Waals surface area contributed by atoms with E-state index in [1.165, 1.54) is 0 Å². The van der Waals surface area contributed by atoms with Crippen LogP contribution >= 0.6 is 0 Å². The second kappa shape index (κ2) is 6.94. The van der Waals surface area contributed by atoms with Crippen LogP contribution in [0, 0.1) is 0 Å². The molecule has 0 atom stereocenters. The van der Waals surface area contributed by atoms with Crippen LogP contribution in [0.2, 0.25) is 0 Å². The highest BCUT2D eigenvalue weighted by Crippen LogP contribution is 2.18. The number of ether oxygens (including phenoxy) is 2. The Morgan fingerprint density at radius 3 is 3.05 bits per heavy atom. The van der Waals surface area contributed by atoms with Crippen molar-refractivity contribution < 1.29 is 9.47 Å². The molecule has 0 saturated carbocycles. The predicted molar refractivity (Wildman–Crippen MR) is 73.8 cm³/mol. The van der Waals surface area contributed by atoms with Gasteiger partial charge in [-0.05, 0) is 6.42 Å². The summed E-state index contributed by atoms with van der Waals surface area (Å²) in [7, 11) is 1.68. The van der Waals surface area contributed by atoms with Crippen molar-refractivity contribution >= 4 is 11.5 Å². The Labute approximate surface area is 112 Å². The summed E-state index contributed by atoms with van der Waals surface area (Å²) >= 11 is 0. The van der Waals surface area contributed by atoms with Gasteiger partial charge in [-0.3, -0.25) is 4.40 Å². The average Bonchev–Trinajstić information content (AvgIpc) is 2.89. The molecule has 2 rings (SSSR count). The molecule has 0 radical (unpaired) electrons. The zero-order valence-electron chi connectivity index (χ0n) is 11.4. The third kappa shape index (κ3) is 3.57. The number of aromatic nitrogens is 3. The van der Waals surface area contributed by atoms with Gasteiger partial charge in [0.1, 0.15) is 5.82 Å². The van der Waals surface area contributed by atoms with E-state index in [-0.39, 0.29) is 0 Å². The van der Waals surface area contributed by atoms with E-state index < -0.39 is 0 Å². The summed E-state index contributed by atoms with van der Waals surface area (Å²) < 4.78 is 12.6. The molecule has 0 unspecified atom stereocenters. The summed E-state index contributed by atoms with van der Waals surface area (Å²) in [6.07, 6.45) is 7.42. The van der Waals surface area contributed by atoms with Crippen LogP contribution in [0.1, 0.15) is 19.8 Å². The van der Waals surface area contributed by atoms with Crippen molar-refractivity contribution in [3.63, 3.8) is 0 Å². The predicted octanol–water partition coefficient (Wildman–Crippen LogP) is 1.97. The fourth-order valence-corrected chi connectivity index (χ4v) is 1.71. The summed E-state index contributed by atoms with van der Waals surface area (Å²) in [4.78, 5) is 8.71. The molecule has 2 aromatic heterocycles. The van der Waals surface area contributed by atoms with Gasteiger partial charge < -0.3 is 14.8 Å². The van der Waals surface area contributed by atoms with Gasteiger partial charge in [0.2, 0.25) is 5.65 Å². The molecule has 19 heavy (non-hydrogen) atoms. The first-order valence-electron chi connectivity index (χ1n) is 6.54. The molecule has 0 bridgehead atoms. The van der Waals surface area contributed by atoms with Gasteiger partial charge in [-0.25, -0.2) is 4.98 Å². The van der Waals surface area contributed by atoms with Crippen LogP contribution in [0.3, 0.4) is 0 Å². The number of nitrogens with zero attached hydrogens (tertiary/aromatic N) is 3. The minimum atomic E-state index is 0.558. The third-order valence-corrected chi connectivity index (χ3v) is 2.63. The Hall–Kier alpha value is -1.82. The maximum absolute atomic E-state index is 5.69. The number of hydrogen-bond acceptors (Lipinski definition) is 5. The Morgan fingerprint density at radius 1 is 1.37 bits per heavy atom. The van der Waals surface area contributed by atoms with Crippen molar-refractivity contribution in [2.24, 2.45) is 0 Å². The number of fused-ring (bicyclic) bond motifs is 1. The summed E-state index contributed by atoms with van der Waals surface area (Å²) in [6.45, 7) is 4.25. The fourth-order valence-electron chi connectivity index (χ4n) is 1.71. The van der Waals surface area contributed by atoms with E-state index in [2.05, 4.69) is 22.2 Å². The van der Waals surface area contributed by atoms with Gasteiger partial charge in [-0.2, -0.15) is 4.98 Å². The monoisotopic (exact) mass is 264 g/mol. The van der Waals surface area contributed by atoms with E-state index in [9.17, 15) is 0 Å². The smallest absolute Gasteiger partial charge is 0.260 e. The summed E-state index contributed by atoms with van der Waals surface area (Å²) in [5, 5.41) is 3.25. The Balaban J connectivity index is 2.12. The lowest BCUT2D eigenvalue weighted by atomic mass is 10.4. The van der Waals surface area contributed by atoms with Crippen molar-refractivity contribution in [1.29, 1.82) is 0 Å². The highest BCUT2D eigenvalue weighted by atomic mass is 16.5. The molecule has 2 aromatic rings. The third-order valence-electron chi connectivity index (χ3n) is 2.63. The largest absolute Gasteiger partial charge is 0.475 e. The SMILES string of the molecule is CCCNc1cn2ccnc2c(OCCCOC)n1. The molecule has 0 aliphatic carbocycles. The Morgan fingerprint density at radius 2 is 2.26 bits per heavy atom. The number of anilines is 1. The lowest BCUT2D eigenvalue weighted by molar-refractivity contribution is 0.171. The summed E-state index contributed by atoms with van der Waals surface area (Å²) in [6, 6.07) is 0. The zero-order valence-corrected chi connectivity index (χ0v) is 11.4. The second-order valence-electron chi connectivity index (χ2n) is 4.21. The molecule has 0 spiro atoms. The second-order valence-corrected chi connectivity index (χ2v) is 4.21. The van der Waals surface area contributed by atoms with Gasteiger partial charge in [0.05, 0.1) is 12.8 Å². The lowest BCUT2D eigenvalue weighted by Gasteiger charge is -2.09. The molecule has 0 saturated heterocycles. The molecule has 104 valence electrons. The Bertz CT molecular complexity index is 512. The van der Waals surface area contributed by atoms with E-state index in [1.807, 2.05) is 16.8 Å². The normalized spacial score (nSPS) is 10.8. The summed E-state index contributed by atoms with van der Waals surface area (Å²) in [5.41, 5.74) is 0.736. The maximum Gasteiger partial charge on any atom is 0.260 e. The molecule has 0 aliphatic heterocycles. The first-order chi connectivity index (χ1) is 9.35. The standard InChI is InChI=1S/C13H20N4O2/c1-3-5-14-11-10-17-7-6-15-12(17)13(16-11)19-9-4-8-18-2/h6-7,10,14H,3-5,8-9H2,1-2H3. The topological polar surface area (TPSA) is 60.7 Å². The maximum atomic E-state index is 5.69. The van der Waals surface area contributed by atoms with Gasteiger partial charge in [-0.15, -0.1) is 0 Å². The number of rotatable bonds is 8. The Kier molecular flexibility index (Phi) is 4.97. The number of hydrogen-bond donors (Lipinski definition) is 1. The van der Waals surface area contributed by atoms with Crippen LogP contribution in [0.4, 0.5) is 5.82 Å². The van der Waals surface area contributed by atoms with Gasteiger partial charge in [-0.1, -0.05) is 6.92 Å². The first kappa shape index (κ1) is 13.6. The van der Waals surface area contributed by atoms with Gasteiger partial charge in [0.15, 0.2) is 0 Å². The van der Waals surface area contributed by atoms with Crippen LogP contribution in [0.5, 0.6) is 5.88 Å². The van der Waals surface area contributed by atoms with E-state index in [1.54, 1.807) is 13.3 Å². The fraction of sp³-hybridized carbons (Fsp3) is 0.538. The number of nitrogens with one attached hydrogen (secondary N) is 1. The highest BCUT2D eigenvalue weighted by molar-refractivity contribution is 5.53. The van der Waals surface area contributed by atoms with Crippen molar-refractivity contribution in [2.75, 3.05) is 32.2 Å². The van der Waals surface area contributed by atoms with E-state index >= 15 is 0 Å². The van der Waals surface area contributed by atoms with Gasteiger partial charge in [0.25, 0.3) is 5.88 Å². The van der Waals surface area contributed by atoms with Crippen molar-refractivity contribution in [1.82, 2.24) is 14.4 Å². The molecule has 0 aliphatic rings. The molecule has 2 heterocycles. The average molecular weight is 264 g/mol. The zero-order chi connectivity index (χ0) is 13.5. The molecule has 6 nitrogen and oxygen atoms in total. The molecular formula is C13H20N4O2. The molecule has 0 aromatic carbocycles. The molecule has 0 fully saturated rings.